The highest BCUT2D eigenvalue weighted by atomic mass is 32.1. The van der Waals surface area contributed by atoms with E-state index in [-0.39, 0.29) is 11.6 Å². The lowest BCUT2D eigenvalue weighted by Crippen LogP contribution is -2.31. The van der Waals surface area contributed by atoms with Crippen molar-refractivity contribution in [3.05, 3.63) is 81.9 Å². The minimum absolute atomic E-state index is 0.0411. The number of rotatable bonds is 9. The van der Waals surface area contributed by atoms with Crippen molar-refractivity contribution in [1.29, 1.82) is 0 Å². The second kappa shape index (κ2) is 16.3. The Kier molecular flexibility index (Phi) is 12.9. The zero-order valence-corrected chi connectivity index (χ0v) is 24.8. The molecular formula is C29H35N7O5S. The number of nitrogens with one attached hydrogen (secondary N) is 1. The summed E-state index contributed by atoms with van der Waals surface area (Å²) in [6, 6.07) is 17.2. The van der Waals surface area contributed by atoms with Gasteiger partial charge in [-0.05, 0) is 55.2 Å². The van der Waals surface area contributed by atoms with Gasteiger partial charge in [-0.25, -0.2) is 0 Å². The average Bonchev–Trinajstić information content (AvgIpc) is 3.37. The number of nitrogen functional groups attached to an aromatic ring is 2. The van der Waals surface area contributed by atoms with E-state index in [1.165, 1.54) is 19.1 Å². The Hall–Kier alpha value is -5.04. The molecule has 12 nitrogen and oxygen atoms in total. The molecule has 1 heterocycles. The molecular weight excluding hydrogens is 558 g/mol. The summed E-state index contributed by atoms with van der Waals surface area (Å²) in [6.45, 7) is 2.84. The van der Waals surface area contributed by atoms with E-state index in [1.807, 2.05) is 32.3 Å². The number of amides is 1. The molecule has 4 rings (SSSR count). The fourth-order valence-corrected chi connectivity index (χ4v) is 4.45. The van der Waals surface area contributed by atoms with Crippen molar-refractivity contribution in [3.63, 3.8) is 0 Å². The third kappa shape index (κ3) is 8.99. The van der Waals surface area contributed by atoms with Gasteiger partial charge in [0.15, 0.2) is 6.29 Å². The molecule has 0 unspecified atom stereocenters. The van der Waals surface area contributed by atoms with Crippen LogP contribution in [0.3, 0.4) is 0 Å². The number of carbonyl (C=O) groups excluding carboxylic acids is 3. The molecule has 222 valence electrons. The number of carbonyl (C=O) groups is 3. The lowest BCUT2D eigenvalue weighted by Gasteiger charge is -2.23. The van der Waals surface area contributed by atoms with Crippen LogP contribution < -0.4 is 21.7 Å². The van der Waals surface area contributed by atoms with Crippen LogP contribution in [0.2, 0.25) is 0 Å². The van der Waals surface area contributed by atoms with E-state index in [2.05, 4.69) is 14.6 Å². The van der Waals surface area contributed by atoms with Gasteiger partial charge in [-0.3, -0.25) is 19.7 Å². The van der Waals surface area contributed by atoms with Gasteiger partial charge in [0.2, 0.25) is 0 Å². The van der Waals surface area contributed by atoms with Crippen molar-refractivity contribution in [2.45, 2.75) is 13.3 Å². The predicted octanol–water partition coefficient (Wildman–Crippen LogP) is 4.71. The largest absolute Gasteiger partial charge is 0.397 e. The molecule has 0 radical (unpaired) electrons. The van der Waals surface area contributed by atoms with E-state index in [1.54, 1.807) is 42.3 Å². The van der Waals surface area contributed by atoms with Crippen LogP contribution in [0.15, 0.2) is 60.7 Å². The van der Waals surface area contributed by atoms with E-state index in [0.717, 1.165) is 48.4 Å². The molecule has 0 bridgehead atoms. The van der Waals surface area contributed by atoms with Crippen molar-refractivity contribution in [2.24, 2.45) is 0 Å². The SMILES string of the molecule is CC=O.CNc1cc(N(C)CCCN(C)C(=O)c2ccccc2C=O)ccc1N.Nc1snc2ccc([N+](=O)[O-])cc12. The first-order valence-electron chi connectivity index (χ1n) is 12.8. The third-order valence-electron chi connectivity index (χ3n) is 6.10. The van der Waals surface area contributed by atoms with Crippen molar-refractivity contribution in [3.8, 4) is 0 Å². The molecule has 0 atom stereocenters. The van der Waals surface area contributed by atoms with Gasteiger partial charge in [-0.2, -0.15) is 4.37 Å². The maximum atomic E-state index is 12.5. The summed E-state index contributed by atoms with van der Waals surface area (Å²) in [5, 5.41) is 14.7. The Morgan fingerprint density at radius 3 is 2.40 bits per heavy atom. The molecule has 0 saturated heterocycles. The van der Waals surface area contributed by atoms with E-state index < -0.39 is 4.92 Å². The molecule has 0 aliphatic carbocycles. The van der Waals surface area contributed by atoms with Gasteiger partial charge in [0.25, 0.3) is 11.6 Å². The quantitative estimate of drug-likeness (QED) is 0.106. The van der Waals surface area contributed by atoms with Crippen LogP contribution in [-0.2, 0) is 4.79 Å². The van der Waals surface area contributed by atoms with Crippen molar-refractivity contribution < 1.29 is 19.3 Å². The van der Waals surface area contributed by atoms with Gasteiger partial charge in [0.05, 0.1) is 27.4 Å². The lowest BCUT2D eigenvalue weighted by atomic mass is 10.1. The standard InChI is InChI=1S/C20H26N4O2.C7H5N3O2S.C2H4O/c1-22-19-13-16(9-10-18(19)21)23(2)11-6-12-24(3)20(26)17-8-5-4-7-15(17)14-25;8-7-5-3-4(10(11)12)1-2-6(5)9-13-7;1-2-3/h4-5,7-10,13-14,22H,6,11-12,21H2,1-3H3;1-3H,8H2;2H,1H3. The Bertz CT molecular complexity index is 1530. The van der Waals surface area contributed by atoms with Gasteiger partial charge < -0.3 is 31.4 Å². The fraction of sp³-hybridized carbons (Fsp3) is 0.241. The summed E-state index contributed by atoms with van der Waals surface area (Å²) in [5.41, 5.74) is 15.8. The first-order valence-corrected chi connectivity index (χ1v) is 13.6. The number of nitro benzene ring substituents is 1. The Balaban J connectivity index is 0.000000318. The van der Waals surface area contributed by atoms with Gasteiger partial charge in [0.1, 0.15) is 11.3 Å². The van der Waals surface area contributed by atoms with Crippen molar-refractivity contribution in [2.75, 3.05) is 55.9 Å². The number of hydrogen-bond acceptors (Lipinski definition) is 11. The molecule has 0 fully saturated rings. The fourth-order valence-electron chi connectivity index (χ4n) is 3.84. The van der Waals surface area contributed by atoms with Gasteiger partial charge in [0, 0.05) is 63.0 Å². The van der Waals surface area contributed by atoms with Gasteiger partial charge in [-0.1, -0.05) is 18.2 Å². The maximum Gasteiger partial charge on any atom is 0.270 e. The summed E-state index contributed by atoms with van der Waals surface area (Å²) in [4.78, 5) is 46.2. The minimum Gasteiger partial charge on any atom is -0.397 e. The Labute approximate surface area is 248 Å². The highest BCUT2D eigenvalue weighted by molar-refractivity contribution is 7.11. The molecule has 4 aromatic rings. The summed E-state index contributed by atoms with van der Waals surface area (Å²) in [6.07, 6.45) is 2.27. The molecule has 0 saturated carbocycles. The van der Waals surface area contributed by atoms with Crippen molar-refractivity contribution >= 4 is 68.7 Å². The zero-order valence-electron chi connectivity index (χ0n) is 23.9. The van der Waals surface area contributed by atoms with E-state index >= 15 is 0 Å². The molecule has 0 spiro atoms. The molecule has 42 heavy (non-hydrogen) atoms. The van der Waals surface area contributed by atoms with Gasteiger partial charge >= 0.3 is 0 Å². The predicted molar refractivity (Wildman–Crippen MR) is 170 cm³/mol. The van der Waals surface area contributed by atoms with E-state index in [4.69, 9.17) is 16.3 Å². The minimum atomic E-state index is -0.448. The Morgan fingerprint density at radius 1 is 1.07 bits per heavy atom. The monoisotopic (exact) mass is 593 g/mol. The molecule has 13 heteroatoms. The van der Waals surface area contributed by atoms with Crippen LogP contribution in [0.1, 0.15) is 34.1 Å². The summed E-state index contributed by atoms with van der Waals surface area (Å²) in [7, 11) is 5.61. The first-order chi connectivity index (χ1) is 20.1. The van der Waals surface area contributed by atoms with Crippen LogP contribution in [0.5, 0.6) is 0 Å². The molecule has 5 N–H and O–H groups in total. The van der Waals surface area contributed by atoms with E-state index in [9.17, 15) is 19.7 Å². The van der Waals surface area contributed by atoms with Crippen molar-refractivity contribution in [1.82, 2.24) is 9.27 Å². The number of aldehydes is 2. The number of non-ortho nitro benzene ring substituents is 1. The average molecular weight is 594 g/mol. The second-order valence-electron chi connectivity index (χ2n) is 8.97. The second-order valence-corrected chi connectivity index (χ2v) is 9.77. The highest BCUT2D eigenvalue weighted by Gasteiger charge is 2.15. The first kappa shape index (κ1) is 33.2. The van der Waals surface area contributed by atoms with Crippen LogP contribution in [0.25, 0.3) is 10.9 Å². The van der Waals surface area contributed by atoms with Crippen LogP contribution >= 0.6 is 11.5 Å². The number of anilines is 4. The molecule has 0 aliphatic heterocycles. The maximum absolute atomic E-state index is 12.5. The molecule has 3 aromatic carbocycles. The number of nitrogens with zero attached hydrogens (tertiary/aromatic N) is 4. The van der Waals surface area contributed by atoms with Gasteiger partial charge in [-0.15, -0.1) is 0 Å². The highest BCUT2D eigenvalue weighted by Crippen LogP contribution is 2.28. The normalized spacial score (nSPS) is 9.90. The van der Waals surface area contributed by atoms with E-state index in [0.29, 0.717) is 39.3 Å². The topological polar surface area (TPSA) is 178 Å². The smallest absolute Gasteiger partial charge is 0.270 e. The summed E-state index contributed by atoms with van der Waals surface area (Å²) < 4.78 is 4.01. The Morgan fingerprint density at radius 2 is 1.76 bits per heavy atom. The zero-order chi connectivity index (χ0) is 31.2. The van der Waals surface area contributed by atoms with Crippen LogP contribution in [0, 0.1) is 10.1 Å². The molecule has 1 aromatic heterocycles. The number of fused-ring (bicyclic) bond motifs is 1. The number of nitrogens with two attached hydrogens (primary N) is 2. The number of benzene rings is 3. The van der Waals surface area contributed by atoms with Crippen LogP contribution in [0.4, 0.5) is 27.8 Å². The number of aromatic nitrogens is 1. The summed E-state index contributed by atoms with van der Waals surface area (Å²) >= 11 is 1.14. The summed E-state index contributed by atoms with van der Waals surface area (Å²) in [5.74, 6) is -0.139. The number of nitro groups is 1. The molecule has 0 aliphatic rings. The number of hydrogen-bond donors (Lipinski definition) is 3. The molecule has 1 amide bonds. The third-order valence-corrected chi connectivity index (χ3v) is 6.80. The lowest BCUT2D eigenvalue weighted by molar-refractivity contribution is -0.384. The van der Waals surface area contributed by atoms with Crippen LogP contribution in [-0.4, -0.2) is 66.9 Å².